The van der Waals surface area contributed by atoms with E-state index in [0.717, 1.165) is 43.2 Å². The first-order valence-corrected chi connectivity index (χ1v) is 8.94. The van der Waals surface area contributed by atoms with Crippen molar-refractivity contribution in [3.8, 4) is 0 Å². The second kappa shape index (κ2) is 9.37. The zero-order valence-electron chi connectivity index (χ0n) is 14.7. The van der Waals surface area contributed by atoms with E-state index in [2.05, 4.69) is 6.92 Å². The Hall–Kier alpha value is -2.14. The monoisotopic (exact) mass is 345 g/mol. The number of aliphatic carboxylic acids is 1. The van der Waals surface area contributed by atoms with Gasteiger partial charge in [0.1, 0.15) is 6.04 Å². The van der Waals surface area contributed by atoms with Crippen molar-refractivity contribution in [3.05, 3.63) is 47.0 Å². The van der Waals surface area contributed by atoms with E-state index in [0.29, 0.717) is 18.9 Å². The van der Waals surface area contributed by atoms with Crippen molar-refractivity contribution < 1.29 is 19.4 Å². The zero-order chi connectivity index (χ0) is 18.2. The molecular weight excluding hydrogens is 318 g/mol. The fourth-order valence-corrected chi connectivity index (χ4v) is 2.99. The summed E-state index contributed by atoms with van der Waals surface area (Å²) < 4.78 is 5.27. The highest BCUT2D eigenvalue weighted by Gasteiger charge is 2.21. The largest absolute Gasteiger partial charge is 0.480 e. The summed E-state index contributed by atoms with van der Waals surface area (Å²) in [6.07, 6.45) is 6.72. The molecule has 1 aliphatic rings. The lowest BCUT2D eigenvalue weighted by Gasteiger charge is -2.22. The Kier molecular flexibility index (Phi) is 7.19. The maximum Gasteiger partial charge on any atom is 0.333 e. The molecule has 0 aliphatic heterocycles. The van der Waals surface area contributed by atoms with E-state index in [1.165, 1.54) is 5.56 Å². The molecule has 0 aromatic heterocycles. The summed E-state index contributed by atoms with van der Waals surface area (Å²) in [6, 6.07) is 7.08. The predicted octanol–water partition coefficient (Wildman–Crippen LogP) is 3.18. The molecule has 3 N–H and O–H groups in total. The number of unbranched alkanes of at least 4 members (excludes halogenated alkanes) is 1. The van der Waals surface area contributed by atoms with Crippen LogP contribution in [0.3, 0.4) is 0 Å². The Balaban J connectivity index is 1.89. The molecule has 0 fully saturated rings. The van der Waals surface area contributed by atoms with Gasteiger partial charge in [-0.3, -0.25) is 4.79 Å². The van der Waals surface area contributed by atoms with Gasteiger partial charge < -0.3 is 15.6 Å². The topological polar surface area (TPSA) is 89.6 Å². The molecule has 0 spiro atoms. The molecule has 0 saturated carbocycles. The van der Waals surface area contributed by atoms with Crippen molar-refractivity contribution in [1.82, 2.24) is 0 Å². The number of benzene rings is 1. The summed E-state index contributed by atoms with van der Waals surface area (Å²) in [4.78, 5) is 22.8. The number of allylic oxidation sites excluding steroid dienone is 1. The van der Waals surface area contributed by atoms with Gasteiger partial charge in [-0.05, 0) is 49.1 Å². The first-order chi connectivity index (χ1) is 12.0. The van der Waals surface area contributed by atoms with E-state index in [9.17, 15) is 9.59 Å². The molecule has 5 nitrogen and oxygen atoms in total. The van der Waals surface area contributed by atoms with Gasteiger partial charge >= 0.3 is 11.9 Å². The van der Waals surface area contributed by atoms with Crippen molar-refractivity contribution in [2.45, 2.75) is 57.4 Å². The lowest BCUT2D eigenvalue weighted by molar-refractivity contribution is -0.140. The molecule has 5 heteroatoms. The van der Waals surface area contributed by atoms with Crippen LogP contribution in [0.4, 0.5) is 0 Å². The van der Waals surface area contributed by atoms with Gasteiger partial charge in [0.2, 0.25) is 0 Å². The first kappa shape index (κ1) is 19.2. The molecule has 2 atom stereocenters. The number of carbonyl (C=O) groups excluding carboxylic acids is 1. The SMILES string of the molecule is CCCCOC(=O)C1=CC[C@@H](c2ccc(CC(N)C(=O)O)cc2)CC1. The predicted molar refractivity (Wildman–Crippen MR) is 96.3 cm³/mol. The Morgan fingerprint density at radius 2 is 2.04 bits per heavy atom. The minimum atomic E-state index is -0.986. The number of hydrogen-bond donors (Lipinski definition) is 2. The lowest BCUT2D eigenvalue weighted by Crippen LogP contribution is -2.32. The molecule has 136 valence electrons. The van der Waals surface area contributed by atoms with Gasteiger partial charge in [0.15, 0.2) is 0 Å². The summed E-state index contributed by atoms with van der Waals surface area (Å²) in [5.41, 5.74) is 8.49. The third-order valence-corrected chi connectivity index (χ3v) is 4.63. The quantitative estimate of drug-likeness (QED) is 0.558. The number of hydrogen-bond acceptors (Lipinski definition) is 4. The van der Waals surface area contributed by atoms with Gasteiger partial charge in [-0.15, -0.1) is 0 Å². The minimum absolute atomic E-state index is 0.176. The van der Waals surface area contributed by atoms with Crippen LogP contribution in [0.5, 0.6) is 0 Å². The van der Waals surface area contributed by atoms with Crippen LogP contribution >= 0.6 is 0 Å². The molecule has 0 radical (unpaired) electrons. The highest BCUT2D eigenvalue weighted by molar-refractivity contribution is 5.88. The van der Waals surface area contributed by atoms with Gasteiger partial charge in [0, 0.05) is 5.57 Å². The summed E-state index contributed by atoms with van der Waals surface area (Å²) in [6.45, 7) is 2.56. The molecule has 0 bridgehead atoms. The van der Waals surface area contributed by atoms with Gasteiger partial charge in [-0.25, -0.2) is 4.79 Å². The van der Waals surface area contributed by atoms with Crippen molar-refractivity contribution in [2.24, 2.45) is 5.73 Å². The van der Waals surface area contributed by atoms with Crippen molar-refractivity contribution in [1.29, 1.82) is 0 Å². The molecule has 1 aromatic rings. The average molecular weight is 345 g/mol. The molecule has 1 unspecified atom stereocenters. The van der Waals surface area contributed by atoms with E-state index in [-0.39, 0.29) is 5.97 Å². The number of ether oxygens (including phenoxy) is 1. The van der Waals surface area contributed by atoms with Crippen LogP contribution in [0.1, 0.15) is 56.1 Å². The normalized spacial score (nSPS) is 18.3. The van der Waals surface area contributed by atoms with Gasteiger partial charge in [-0.2, -0.15) is 0 Å². The van der Waals surface area contributed by atoms with E-state index in [1.807, 2.05) is 30.3 Å². The minimum Gasteiger partial charge on any atom is -0.480 e. The van der Waals surface area contributed by atoms with Crippen molar-refractivity contribution >= 4 is 11.9 Å². The van der Waals surface area contributed by atoms with Crippen LogP contribution in [0.15, 0.2) is 35.9 Å². The fourth-order valence-electron chi connectivity index (χ4n) is 2.99. The molecule has 0 amide bonds. The van der Waals surface area contributed by atoms with E-state index >= 15 is 0 Å². The third kappa shape index (κ3) is 5.71. The maximum absolute atomic E-state index is 12.0. The number of nitrogens with two attached hydrogens (primary N) is 1. The highest BCUT2D eigenvalue weighted by atomic mass is 16.5. The van der Waals surface area contributed by atoms with Crippen molar-refractivity contribution in [2.75, 3.05) is 6.61 Å². The number of carbonyl (C=O) groups is 2. The van der Waals surface area contributed by atoms with E-state index in [4.69, 9.17) is 15.6 Å². The van der Waals surface area contributed by atoms with Crippen molar-refractivity contribution in [3.63, 3.8) is 0 Å². The summed E-state index contributed by atoms with van der Waals surface area (Å²) in [7, 11) is 0. The van der Waals surface area contributed by atoms with Crippen LogP contribution in [0.2, 0.25) is 0 Å². The smallest absolute Gasteiger partial charge is 0.333 e. The fraction of sp³-hybridized carbons (Fsp3) is 0.500. The summed E-state index contributed by atoms with van der Waals surface area (Å²) in [5.74, 6) is -0.779. The summed E-state index contributed by atoms with van der Waals surface area (Å²) in [5, 5.41) is 8.87. The molecule has 2 rings (SSSR count). The molecule has 0 heterocycles. The summed E-state index contributed by atoms with van der Waals surface area (Å²) >= 11 is 0. The third-order valence-electron chi connectivity index (χ3n) is 4.63. The Morgan fingerprint density at radius 3 is 2.60 bits per heavy atom. The number of rotatable bonds is 8. The lowest BCUT2D eigenvalue weighted by atomic mass is 9.84. The Labute approximate surface area is 148 Å². The zero-order valence-corrected chi connectivity index (χ0v) is 14.7. The molecular formula is C20H27NO4. The second-order valence-corrected chi connectivity index (χ2v) is 6.58. The van der Waals surface area contributed by atoms with Crippen LogP contribution in [-0.2, 0) is 20.7 Å². The molecule has 1 aliphatic carbocycles. The number of esters is 1. The number of carboxylic acid groups (broad SMARTS) is 1. The van der Waals surface area contributed by atoms with Crippen LogP contribution in [0.25, 0.3) is 0 Å². The first-order valence-electron chi connectivity index (χ1n) is 8.94. The standard InChI is InChI=1S/C20H27NO4/c1-2-3-12-25-20(24)17-10-8-16(9-11-17)15-6-4-14(5-7-15)13-18(21)19(22)23/h4-7,10,16,18H,2-3,8-9,11-13,21H2,1H3,(H,22,23)/t16-,18?/m1/s1. The van der Waals surface area contributed by atoms with E-state index in [1.54, 1.807) is 0 Å². The van der Waals surface area contributed by atoms with Crippen LogP contribution in [-0.4, -0.2) is 29.7 Å². The average Bonchev–Trinajstić information content (AvgIpc) is 2.62. The van der Waals surface area contributed by atoms with E-state index < -0.39 is 12.0 Å². The Morgan fingerprint density at radius 1 is 1.32 bits per heavy atom. The molecule has 1 aromatic carbocycles. The molecule has 0 saturated heterocycles. The molecule has 25 heavy (non-hydrogen) atoms. The number of carboxylic acids is 1. The highest BCUT2D eigenvalue weighted by Crippen LogP contribution is 2.32. The second-order valence-electron chi connectivity index (χ2n) is 6.58. The van der Waals surface area contributed by atoms with Gasteiger partial charge in [0.05, 0.1) is 6.61 Å². The van der Waals surface area contributed by atoms with Crippen LogP contribution in [0, 0.1) is 0 Å². The van der Waals surface area contributed by atoms with Gasteiger partial charge in [0.25, 0.3) is 0 Å². The van der Waals surface area contributed by atoms with Gasteiger partial charge in [-0.1, -0.05) is 43.7 Å². The van der Waals surface area contributed by atoms with Crippen LogP contribution < -0.4 is 5.73 Å². The Bertz CT molecular complexity index is 621. The maximum atomic E-state index is 12.0.